The van der Waals surface area contributed by atoms with Gasteiger partial charge >= 0.3 is 0 Å². The van der Waals surface area contributed by atoms with Gasteiger partial charge in [-0.3, -0.25) is 4.79 Å². The molecule has 0 radical (unpaired) electrons. The number of carbonyl (C=O) groups excluding carboxylic acids is 1. The van der Waals surface area contributed by atoms with E-state index in [0.717, 1.165) is 26.1 Å². The number of rotatable bonds is 3. The van der Waals surface area contributed by atoms with Crippen molar-refractivity contribution in [2.75, 3.05) is 19.6 Å². The average Bonchev–Trinajstić information content (AvgIpc) is 2.14. The zero-order valence-electron chi connectivity index (χ0n) is 8.25. The molecule has 0 aromatic heterocycles. The second-order valence-electron chi connectivity index (χ2n) is 3.52. The van der Waals surface area contributed by atoms with E-state index in [0.29, 0.717) is 12.5 Å². The first-order valence-electron chi connectivity index (χ1n) is 4.86. The van der Waals surface area contributed by atoms with E-state index in [2.05, 4.69) is 18.8 Å². The molecule has 1 heterocycles. The van der Waals surface area contributed by atoms with Gasteiger partial charge in [0.25, 0.3) is 0 Å². The molecule has 3 nitrogen and oxygen atoms in total. The third-order valence-corrected chi connectivity index (χ3v) is 2.28. The fourth-order valence-electron chi connectivity index (χ4n) is 1.54. The molecular formula is C10H18N2O. The second kappa shape index (κ2) is 5.02. The number of nitrogens with one attached hydrogen (secondary N) is 1. The van der Waals surface area contributed by atoms with Crippen molar-refractivity contribution in [1.82, 2.24) is 10.2 Å². The second-order valence-corrected chi connectivity index (χ2v) is 3.52. The molecule has 1 amide bonds. The van der Waals surface area contributed by atoms with Crippen molar-refractivity contribution in [3.63, 3.8) is 0 Å². The maximum atomic E-state index is 11.6. The van der Waals surface area contributed by atoms with E-state index >= 15 is 0 Å². The number of carbonyl (C=O) groups is 1. The molecule has 0 aromatic carbocycles. The summed E-state index contributed by atoms with van der Waals surface area (Å²) < 4.78 is 0. The maximum Gasteiger partial charge on any atom is 0.222 e. The van der Waals surface area contributed by atoms with Crippen LogP contribution < -0.4 is 5.32 Å². The molecule has 3 heteroatoms. The van der Waals surface area contributed by atoms with E-state index in [4.69, 9.17) is 0 Å². The van der Waals surface area contributed by atoms with Gasteiger partial charge in [-0.25, -0.2) is 0 Å². The molecule has 0 spiro atoms. The van der Waals surface area contributed by atoms with Crippen LogP contribution in [0.5, 0.6) is 0 Å². The molecule has 13 heavy (non-hydrogen) atoms. The third kappa shape index (κ3) is 3.19. The lowest BCUT2D eigenvalue weighted by Crippen LogP contribution is -2.51. The van der Waals surface area contributed by atoms with Gasteiger partial charge in [0.1, 0.15) is 0 Å². The summed E-state index contributed by atoms with van der Waals surface area (Å²) in [6.45, 7) is 8.32. The smallest absolute Gasteiger partial charge is 0.222 e. The molecule has 1 atom stereocenters. The SMILES string of the molecule is C=CCCC(=O)N1CCNC(C)C1. The summed E-state index contributed by atoms with van der Waals surface area (Å²) in [7, 11) is 0. The molecule has 1 fully saturated rings. The predicted octanol–water partition coefficient (Wildman–Crippen LogP) is 0.773. The van der Waals surface area contributed by atoms with Crippen LogP contribution in [-0.4, -0.2) is 36.5 Å². The topological polar surface area (TPSA) is 32.3 Å². The van der Waals surface area contributed by atoms with E-state index < -0.39 is 0 Å². The highest BCUT2D eigenvalue weighted by Crippen LogP contribution is 2.03. The number of nitrogens with zero attached hydrogens (tertiary/aromatic N) is 1. The quantitative estimate of drug-likeness (QED) is 0.654. The molecule has 1 unspecified atom stereocenters. The molecule has 1 saturated heterocycles. The van der Waals surface area contributed by atoms with Crippen LogP contribution >= 0.6 is 0 Å². The monoisotopic (exact) mass is 182 g/mol. The Morgan fingerprint density at radius 2 is 2.54 bits per heavy atom. The summed E-state index contributed by atoms with van der Waals surface area (Å²) in [6, 6.07) is 0.432. The Balaban J connectivity index is 2.32. The predicted molar refractivity (Wildman–Crippen MR) is 53.5 cm³/mol. The molecule has 1 aliphatic rings. The van der Waals surface area contributed by atoms with Crippen LogP contribution in [0.4, 0.5) is 0 Å². The highest BCUT2D eigenvalue weighted by molar-refractivity contribution is 5.76. The summed E-state index contributed by atoms with van der Waals surface area (Å²) in [6.07, 6.45) is 3.19. The minimum atomic E-state index is 0.258. The van der Waals surface area contributed by atoms with E-state index in [9.17, 15) is 4.79 Å². The molecule has 0 aromatic rings. The Labute approximate surface area is 79.8 Å². The van der Waals surface area contributed by atoms with Crippen LogP contribution in [0.15, 0.2) is 12.7 Å². The maximum absolute atomic E-state index is 11.6. The van der Waals surface area contributed by atoms with Gasteiger partial charge in [0.15, 0.2) is 0 Å². The molecule has 1 aliphatic heterocycles. The fraction of sp³-hybridized carbons (Fsp3) is 0.700. The van der Waals surface area contributed by atoms with Gasteiger partial charge in [-0.2, -0.15) is 0 Å². The Morgan fingerprint density at radius 1 is 1.77 bits per heavy atom. The van der Waals surface area contributed by atoms with Crippen LogP contribution in [0.1, 0.15) is 19.8 Å². The lowest BCUT2D eigenvalue weighted by molar-refractivity contribution is -0.132. The number of piperazine rings is 1. The molecule has 0 aliphatic carbocycles. The Bertz CT molecular complexity index is 191. The molecule has 74 valence electrons. The van der Waals surface area contributed by atoms with Crippen LogP contribution in [0.3, 0.4) is 0 Å². The van der Waals surface area contributed by atoms with Gasteiger partial charge in [0, 0.05) is 32.1 Å². The Kier molecular flexibility index (Phi) is 3.96. The zero-order chi connectivity index (χ0) is 9.68. The van der Waals surface area contributed by atoms with Crippen LogP contribution in [0.25, 0.3) is 0 Å². The minimum Gasteiger partial charge on any atom is -0.340 e. The number of amides is 1. The lowest BCUT2D eigenvalue weighted by Gasteiger charge is -2.31. The van der Waals surface area contributed by atoms with Crippen LogP contribution in [0.2, 0.25) is 0 Å². The van der Waals surface area contributed by atoms with Gasteiger partial charge in [-0.1, -0.05) is 6.08 Å². The van der Waals surface area contributed by atoms with Gasteiger partial charge in [-0.15, -0.1) is 6.58 Å². The van der Waals surface area contributed by atoms with E-state index in [1.165, 1.54) is 0 Å². The summed E-state index contributed by atoms with van der Waals surface area (Å²) in [5.41, 5.74) is 0. The van der Waals surface area contributed by atoms with Gasteiger partial charge in [-0.05, 0) is 13.3 Å². The van der Waals surface area contributed by atoms with Crippen molar-refractivity contribution in [2.45, 2.75) is 25.8 Å². The van der Waals surface area contributed by atoms with Gasteiger partial charge < -0.3 is 10.2 Å². The first-order valence-corrected chi connectivity index (χ1v) is 4.86. The summed E-state index contributed by atoms with van der Waals surface area (Å²) in [5, 5.41) is 3.31. The van der Waals surface area contributed by atoms with Crippen molar-refractivity contribution in [2.24, 2.45) is 0 Å². The number of hydrogen-bond donors (Lipinski definition) is 1. The van der Waals surface area contributed by atoms with E-state index in [1.54, 1.807) is 6.08 Å². The van der Waals surface area contributed by atoms with E-state index in [1.807, 2.05) is 4.90 Å². The minimum absolute atomic E-state index is 0.258. The Hall–Kier alpha value is -0.830. The van der Waals surface area contributed by atoms with Crippen LogP contribution in [0, 0.1) is 0 Å². The highest BCUT2D eigenvalue weighted by atomic mass is 16.2. The lowest BCUT2D eigenvalue weighted by atomic mass is 10.2. The fourth-order valence-corrected chi connectivity index (χ4v) is 1.54. The molecule has 0 saturated carbocycles. The van der Waals surface area contributed by atoms with Crippen molar-refractivity contribution in [3.8, 4) is 0 Å². The molecule has 1 N–H and O–H groups in total. The molecule has 0 bridgehead atoms. The normalized spacial score (nSPS) is 22.8. The summed E-state index contributed by atoms with van der Waals surface area (Å²) >= 11 is 0. The first kappa shape index (κ1) is 10.3. The average molecular weight is 182 g/mol. The summed E-state index contributed by atoms with van der Waals surface area (Å²) in [5.74, 6) is 0.258. The zero-order valence-corrected chi connectivity index (χ0v) is 8.25. The Morgan fingerprint density at radius 3 is 3.15 bits per heavy atom. The third-order valence-electron chi connectivity index (χ3n) is 2.28. The first-order chi connectivity index (χ1) is 6.24. The molecular weight excluding hydrogens is 164 g/mol. The number of hydrogen-bond acceptors (Lipinski definition) is 2. The van der Waals surface area contributed by atoms with Gasteiger partial charge in [0.05, 0.1) is 0 Å². The standard InChI is InChI=1S/C10H18N2O/c1-3-4-5-10(13)12-7-6-11-9(2)8-12/h3,9,11H,1,4-8H2,2H3. The van der Waals surface area contributed by atoms with Crippen molar-refractivity contribution in [1.29, 1.82) is 0 Å². The van der Waals surface area contributed by atoms with Crippen LogP contribution in [-0.2, 0) is 4.79 Å². The highest BCUT2D eigenvalue weighted by Gasteiger charge is 2.19. The summed E-state index contributed by atoms with van der Waals surface area (Å²) in [4.78, 5) is 13.5. The van der Waals surface area contributed by atoms with E-state index in [-0.39, 0.29) is 5.91 Å². The van der Waals surface area contributed by atoms with Crippen molar-refractivity contribution < 1.29 is 4.79 Å². The largest absolute Gasteiger partial charge is 0.340 e. The molecule has 1 rings (SSSR count). The van der Waals surface area contributed by atoms with Gasteiger partial charge in [0.2, 0.25) is 5.91 Å². The number of allylic oxidation sites excluding steroid dienone is 1. The van der Waals surface area contributed by atoms with Crippen molar-refractivity contribution >= 4 is 5.91 Å². The van der Waals surface area contributed by atoms with Crippen molar-refractivity contribution in [3.05, 3.63) is 12.7 Å².